The number of hydrogen-bond acceptors (Lipinski definition) is 3. The topological polar surface area (TPSA) is 79.9 Å². The molecular weight excluding hydrogens is 182 g/mol. The Morgan fingerprint density at radius 1 is 1.71 bits per heavy atom. The van der Waals surface area contributed by atoms with E-state index in [0.29, 0.717) is 25.0 Å². The zero-order chi connectivity index (χ0) is 10.4. The van der Waals surface area contributed by atoms with Gasteiger partial charge in [0.05, 0.1) is 18.7 Å². The third kappa shape index (κ3) is 4.43. The van der Waals surface area contributed by atoms with Gasteiger partial charge in [0.25, 0.3) is 0 Å². The van der Waals surface area contributed by atoms with E-state index in [4.69, 9.17) is 15.6 Å². The molecule has 1 saturated carbocycles. The van der Waals surface area contributed by atoms with Gasteiger partial charge in [-0.15, -0.1) is 0 Å². The van der Waals surface area contributed by atoms with E-state index < -0.39 is 0 Å². The molecule has 1 fully saturated rings. The number of ether oxygens (including phenoxy) is 1. The molecule has 4 N–H and O–H groups in total. The molecule has 1 atom stereocenters. The third-order valence-electron chi connectivity index (χ3n) is 2.07. The Balaban J connectivity index is 2.28. The zero-order valence-electron chi connectivity index (χ0n) is 8.57. The Labute approximate surface area is 84.3 Å². The maximum atomic E-state index is 8.79. The largest absolute Gasteiger partial charge is 0.396 e. The van der Waals surface area contributed by atoms with Crippen molar-refractivity contribution in [3.63, 3.8) is 0 Å². The van der Waals surface area contributed by atoms with Crippen LogP contribution in [0, 0.1) is 0 Å². The van der Waals surface area contributed by atoms with Crippen molar-refractivity contribution in [2.75, 3.05) is 20.3 Å². The molecule has 0 aromatic carbocycles. The number of rotatable bonds is 6. The first kappa shape index (κ1) is 11.3. The number of aliphatic imine (C=N–C) groups is 1. The van der Waals surface area contributed by atoms with Crippen LogP contribution in [0.25, 0.3) is 0 Å². The molecular formula is C9H19N3O2. The van der Waals surface area contributed by atoms with Gasteiger partial charge in [-0.25, -0.2) is 0 Å². The van der Waals surface area contributed by atoms with Gasteiger partial charge in [0.1, 0.15) is 0 Å². The van der Waals surface area contributed by atoms with Crippen molar-refractivity contribution in [2.24, 2.45) is 10.7 Å². The minimum Gasteiger partial charge on any atom is -0.396 e. The van der Waals surface area contributed by atoms with Crippen molar-refractivity contribution in [1.82, 2.24) is 5.32 Å². The van der Waals surface area contributed by atoms with E-state index in [1.165, 1.54) is 0 Å². The van der Waals surface area contributed by atoms with Crippen molar-refractivity contribution in [3.05, 3.63) is 0 Å². The minimum atomic E-state index is 0.0486. The molecule has 1 unspecified atom stereocenters. The number of nitrogens with zero attached hydrogens (tertiary/aromatic N) is 1. The van der Waals surface area contributed by atoms with Gasteiger partial charge in [-0.05, 0) is 19.3 Å². The van der Waals surface area contributed by atoms with Gasteiger partial charge in [0.2, 0.25) is 0 Å². The van der Waals surface area contributed by atoms with Crippen LogP contribution in [0.5, 0.6) is 0 Å². The molecule has 0 heterocycles. The van der Waals surface area contributed by atoms with Gasteiger partial charge in [0.15, 0.2) is 5.96 Å². The molecule has 14 heavy (non-hydrogen) atoms. The molecule has 0 amide bonds. The number of hydrogen-bond donors (Lipinski definition) is 3. The van der Waals surface area contributed by atoms with Crippen molar-refractivity contribution in [2.45, 2.75) is 31.3 Å². The second-order valence-corrected chi connectivity index (χ2v) is 3.55. The van der Waals surface area contributed by atoms with Crippen molar-refractivity contribution >= 4 is 5.96 Å². The molecule has 5 heteroatoms. The molecule has 5 nitrogen and oxygen atoms in total. The fraction of sp³-hybridized carbons (Fsp3) is 0.889. The smallest absolute Gasteiger partial charge is 0.189 e. The van der Waals surface area contributed by atoms with E-state index in [1.54, 1.807) is 7.11 Å². The Bertz CT molecular complexity index is 186. The lowest BCUT2D eigenvalue weighted by Gasteiger charge is -2.17. The van der Waals surface area contributed by atoms with E-state index in [-0.39, 0.29) is 12.6 Å². The first-order valence-electron chi connectivity index (χ1n) is 4.96. The van der Waals surface area contributed by atoms with Gasteiger partial charge < -0.3 is 20.9 Å². The fourth-order valence-corrected chi connectivity index (χ4v) is 1.20. The average Bonchev–Trinajstić information content (AvgIpc) is 2.89. The molecule has 1 rings (SSSR count). The Morgan fingerprint density at radius 3 is 2.93 bits per heavy atom. The summed E-state index contributed by atoms with van der Waals surface area (Å²) in [4.78, 5) is 4.24. The molecule has 0 spiro atoms. The van der Waals surface area contributed by atoms with E-state index in [9.17, 15) is 0 Å². The number of nitrogens with two attached hydrogens (primary N) is 1. The van der Waals surface area contributed by atoms with Crippen molar-refractivity contribution in [1.29, 1.82) is 0 Å². The standard InChI is InChI=1S/C9H19N3O2/c1-14-6-8(4-5-13)12-9(10)11-7-2-3-7/h7-8,13H,2-6H2,1H3,(H3,10,11,12). The SMILES string of the molecule is COCC(CCO)NC(N)=NC1CC1. The first-order chi connectivity index (χ1) is 6.76. The lowest BCUT2D eigenvalue weighted by molar-refractivity contribution is 0.156. The van der Waals surface area contributed by atoms with Gasteiger partial charge >= 0.3 is 0 Å². The van der Waals surface area contributed by atoms with Crippen LogP contribution in [0.3, 0.4) is 0 Å². The maximum Gasteiger partial charge on any atom is 0.189 e. The molecule has 0 aliphatic heterocycles. The predicted molar refractivity (Wildman–Crippen MR) is 55.1 cm³/mol. The quantitative estimate of drug-likeness (QED) is 0.398. The highest BCUT2D eigenvalue weighted by molar-refractivity contribution is 5.78. The van der Waals surface area contributed by atoms with E-state index in [0.717, 1.165) is 12.8 Å². The molecule has 0 aromatic rings. The van der Waals surface area contributed by atoms with Crippen LogP contribution in [0.1, 0.15) is 19.3 Å². The molecule has 0 radical (unpaired) electrons. The van der Waals surface area contributed by atoms with Crippen LogP contribution < -0.4 is 11.1 Å². The number of guanidine groups is 1. The molecule has 0 aromatic heterocycles. The van der Waals surface area contributed by atoms with Crippen molar-refractivity contribution in [3.8, 4) is 0 Å². The molecule has 82 valence electrons. The summed E-state index contributed by atoms with van der Waals surface area (Å²) >= 11 is 0. The third-order valence-corrected chi connectivity index (χ3v) is 2.07. The number of aliphatic hydroxyl groups excluding tert-OH is 1. The summed E-state index contributed by atoms with van der Waals surface area (Å²) in [5.74, 6) is 0.461. The summed E-state index contributed by atoms with van der Waals surface area (Å²) in [5, 5.41) is 11.8. The summed E-state index contributed by atoms with van der Waals surface area (Å²) in [6.45, 7) is 0.652. The van der Waals surface area contributed by atoms with Gasteiger partial charge in [-0.3, -0.25) is 4.99 Å². The summed E-state index contributed by atoms with van der Waals surface area (Å²) < 4.78 is 4.99. The first-order valence-corrected chi connectivity index (χ1v) is 4.96. The van der Waals surface area contributed by atoms with Crippen LogP contribution in [0.15, 0.2) is 4.99 Å². The summed E-state index contributed by atoms with van der Waals surface area (Å²) in [6.07, 6.45) is 2.89. The number of aliphatic hydroxyl groups is 1. The molecule has 0 bridgehead atoms. The van der Waals surface area contributed by atoms with E-state index in [2.05, 4.69) is 10.3 Å². The zero-order valence-corrected chi connectivity index (χ0v) is 8.57. The van der Waals surface area contributed by atoms with Gasteiger partial charge in [-0.1, -0.05) is 0 Å². The van der Waals surface area contributed by atoms with E-state index in [1.807, 2.05) is 0 Å². The van der Waals surface area contributed by atoms with Crippen LogP contribution in [0.4, 0.5) is 0 Å². The monoisotopic (exact) mass is 201 g/mol. The minimum absolute atomic E-state index is 0.0486. The summed E-state index contributed by atoms with van der Waals surface area (Å²) in [7, 11) is 1.63. The summed E-state index contributed by atoms with van der Waals surface area (Å²) in [5.41, 5.74) is 5.68. The van der Waals surface area contributed by atoms with Gasteiger partial charge in [-0.2, -0.15) is 0 Å². The number of methoxy groups -OCH3 is 1. The summed E-state index contributed by atoms with van der Waals surface area (Å²) in [6, 6.07) is 0.465. The van der Waals surface area contributed by atoms with Gasteiger partial charge in [0, 0.05) is 13.7 Å². The normalized spacial score (nSPS) is 19.4. The molecule has 1 aliphatic carbocycles. The van der Waals surface area contributed by atoms with E-state index >= 15 is 0 Å². The Morgan fingerprint density at radius 2 is 2.43 bits per heavy atom. The Kier molecular flexibility index (Phi) is 4.69. The second kappa shape index (κ2) is 5.82. The predicted octanol–water partition coefficient (Wildman–Crippen LogP) is -0.549. The maximum absolute atomic E-state index is 8.79. The fourth-order valence-electron chi connectivity index (χ4n) is 1.20. The average molecular weight is 201 g/mol. The highest BCUT2D eigenvalue weighted by atomic mass is 16.5. The van der Waals surface area contributed by atoms with Crippen LogP contribution >= 0.6 is 0 Å². The lowest BCUT2D eigenvalue weighted by atomic mass is 10.2. The second-order valence-electron chi connectivity index (χ2n) is 3.55. The number of nitrogens with one attached hydrogen (secondary N) is 1. The highest BCUT2D eigenvalue weighted by Gasteiger charge is 2.21. The molecule has 0 saturated heterocycles. The highest BCUT2D eigenvalue weighted by Crippen LogP contribution is 2.22. The van der Waals surface area contributed by atoms with Crippen LogP contribution in [-0.2, 0) is 4.74 Å². The lowest BCUT2D eigenvalue weighted by Crippen LogP contribution is -2.43. The molecule has 1 aliphatic rings. The Hall–Kier alpha value is -0.810. The van der Waals surface area contributed by atoms with Crippen LogP contribution in [-0.4, -0.2) is 43.5 Å². The van der Waals surface area contributed by atoms with Crippen LogP contribution in [0.2, 0.25) is 0 Å². The van der Waals surface area contributed by atoms with Crippen molar-refractivity contribution < 1.29 is 9.84 Å².